The molecule has 0 radical (unpaired) electrons. The molecule has 4 heteroatoms. The fourth-order valence-corrected chi connectivity index (χ4v) is 0.808. The molecule has 1 aromatic rings. The topological polar surface area (TPSA) is 43.8 Å². The number of hydrogen-bond donors (Lipinski definition) is 1. The summed E-state index contributed by atoms with van der Waals surface area (Å²) in [5, 5.41) is 3.85. The first-order chi connectivity index (χ1) is 5.06. The van der Waals surface area contributed by atoms with Crippen LogP contribution in [0.25, 0.3) is 0 Å². The monoisotopic (exact) mass is 157 g/mol. The first-order valence-corrected chi connectivity index (χ1v) is 3.44. The molecular weight excluding hydrogens is 145 g/mol. The van der Waals surface area contributed by atoms with Crippen molar-refractivity contribution in [3.8, 4) is 0 Å². The quantitative estimate of drug-likeness (QED) is 0.681. The average Bonchev–Trinajstić information content (AvgIpc) is 2.36. The third-order valence-electron chi connectivity index (χ3n) is 1.69. The van der Waals surface area contributed by atoms with Gasteiger partial charge in [0.2, 0.25) is 0 Å². The summed E-state index contributed by atoms with van der Waals surface area (Å²) in [6, 6.07) is 0. The van der Waals surface area contributed by atoms with Crippen LogP contribution in [0, 0.1) is 0 Å². The van der Waals surface area contributed by atoms with E-state index in [0.29, 0.717) is 5.56 Å². The summed E-state index contributed by atoms with van der Waals surface area (Å²) in [6.45, 7) is 1.43. The van der Waals surface area contributed by atoms with Crippen LogP contribution in [-0.2, 0) is 12.7 Å². The number of hydrogen-bond acceptors (Lipinski definition) is 2. The second-order valence-electron chi connectivity index (χ2n) is 2.80. The van der Waals surface area contributed by atoms with Crippen molar-refractivity contribution in [1.29, 1.82) is 0 Å². The van der Waals surface area contributed by atoms with Crippen LogP contribution in [0.15, 0.2) is 12.4 Å². The molecule has 1 rings (SSSR count). The molecule has 0 aliphatic rings. The molecule has 0 bridgehead atoms. The van der Waals surface area contributed by atoms with Gasteiger partial charge in [-0.05, 0) is 6.92 Å². The van der Waals surface area contributed by atoms with Gasteiger partial charge in [0.1, 0.15) is 5.67 Å². The van der Waals surface area contributed by atoms with Crippen LogP contribution in [0.3, 0.4) is 0 Å². The first-order valence-electron chi connectivity index (χ1n) is 3.44. The second-order valence-corrected chi connectivity index (χ2v) is 2.80. The zero-order valence-electron chi connectivity index (χ0n) is 6.71. The zero-order valence-corrected chi connectivity index (χ0v) is 6.71. The fraction of sp³-hybridized carbons (Fsp3) is 0.571. The van der Waals surface area contributed by atoms with E-state index >= 15 is 0 Å². The van der Waals surface area contributed by atoms with Crippen LogP contribution < -0.4 is 5.73 Å². The lowest BCUT2D eigenvalue weighted by Crippen LogP contribution is -2.25. The standard InChI is InChI=1S/C7H12FN3/c1-7(8,5-9)6-3-10-11(2)4-6/h3-4H,5,9H2,1-2H3. The molecule has 0 amide bonds. The lowest BCUT2D eigenvalue weighted by molar-refractivity contribution is 0.203. The maximum absolute atomic E-state index is 13.4. The predicted molar refractivity (Wildman–Crippen MR) is 40.7 cm³/mol. The Bertz CT molecular complexity index is 242. The lowest BCUT2D eigenvalue weighted by atomic mass is 10.0. The Balaban J connectivity index is 2.92. The van der Waals surface area contributed by atoms with Crippen molar-refractivity contribution in [2.45, 2.75) is 12.6 Å². The van der Waals surface area contributed by atoms with Crippen molar-refractivity contribution < 1.29 is 4.39 Å². The summed E-state index contributed by atoms with van der Waals surface area (Å²) in [5.41, 5.74) is 4.32. The molecule has 0 fully saturated rings. The molecule has 0 spiro atoms. The SMILES string of the molecule is Cn1cc(C(C)(F)CN)cn1. The number of aryl methyl sites for hydroxylation is 1. The molecular formula is C7H12FN3. The number of nitrogens with two attached hydrogens (primary N) is 1. The maximum Gasteiger partial charge on any atom is 0.148 e. The molecule has 0 aromatic carbocycles. The molecule has 2 N–H and O–H groups in total. The molecule has 3 nitrogen and oxygen atoms in total. The number of rotatable bonds is 2. The Morgan fingerprint density at radius 3 is 2.82 bits per heavy atom. The maximum atomic E-state index is 13.4. The third kappa shape index (κ3) is 1.57. The normalized spacial score (nSPS) is 16.4. The smallest absolute Gasteiger partial charge is 0.148 e. The molecule has 62 valence electrons. The van der Waals surface area contributed by atoms with Gasteiger partial charge in [-0.2, -0.15) is 5.10 Å². The van der Waals surface area contributed by atoms with E-state index in [0.717, 1.165) is 0 Å². The van der Waals surface area contributed by atoms with E-state index in [-0.39, 0.29) is 6.54 Å². The van der Waals surface area contributed by atoms with Gasteiger partial charge in [-0.25, -0.2) is 4.39 Å². The summed E-state index contributed by atoms with van der Waals surface area (Å²) in [5.74, 6) is 0. The number of alkyl halides is 1. The number of aromatic nitrogens is 2. The predicted octanol–water partition coefficient (Wildman–Crippen LogP) is 0.564. The van der Waals surface area contributed by atoms with Gasteiger partial charge in [0.15, 0.2) is 0 Å². The minimum atomic E-state index is -1.45. The van der Waals surface area contributed by atoms with Gasteiger partial charge >= 0.3 is 0 Å². The van der Waals surface area contributed by atoms with Crippen LogP contribution in [-0.4, -0.2) is 16.3 Å². The van der Waals surface area contributed by atoms with Crippen LogP contribution in [0.2, 0.25) is 0 Å². The molecule has 0 aliphatic heterocycles. The average molecular weight is 157 g/mol. The Labute approximate surface area is 65.0 Å². The summed E-state index contributed by atoms with van der Waals surface area (Å²) in [4.78, 5) is 0. The van der Waals surface area contributed by atoms with Gasteiger partial charge in [0, 0.05) is 25.4 Å². The highest BCUT2D eigenvalue weighted by molar-refractivity contribution is 5.14. The fourth-order valence-electron chi connectivity index (χ4n) is 0.808. The minimum Gasteiger partial charge on any atom is -0.327 e. The zero-order chi connectivity index (χ0) is 8.48. The minimum absolute atomic E-state index is 0.0152. The van der Waals surface area contributed by atoms with Gasteiger partial charge in [-0.1, -0.05) is 0 Å². The van der Waals surface area contributed by atoms with Crippen molar-refractivity contribution in [1.82, 2.24) is 9.78 Å². The van der Waals surface area contributed by atoms with Crippen molar-refractivity contribution in [2.24, 2.45) is 12.8 Å². The Hall–Kier alpha value is -0.900. The van der Waals surface area contributed by atoms with Gasteiger partial charge in [-0.15, -0.1) is 0 Å². The van der Waals surface area contributed by atoms with Gasteiger partial charge in [-0.3, -0.25) is 4.68 Å². The molecule has 0 aliphatic carbocycles. The van der Waals surface area contributed by atoms with E-state index in [1.807, 2.05) is 0 Å². The molecule has 0 saturated heterocycles. The largest absolute Gasteiger partial charge is 0.327 e. The van der Waals surface area contributed by atoms with Crippen LogP contribution in [0.4, 0.5) is 4.39 Å². The van der Waals surface area contributed by atoms with Gasteiger partial charge in [0.25, 0.3) is 0 Å². The second kappa shape index (κ2) is 2.62. The summed E-state index contributed by atoms with van der Waals surface area (Å²) in [7, 11) is 1.75. The van der Waals surface area contributed by atoms with Gasteiger partial charge < -0.3 is 5.73 Å². The summed E-state index contributed by atoms with van der Waals surface area (Å²) in [6.07, 6.45) is 3.12. The molecule has 0 saturated carbocycles. The molecule has 1 unspecified atom stereocenters. The van der Waals surface area contributed by atoms with E-state index in [1.54, 1.807) is 17.9 Å². The van der Waals surface area contributed by atoms with Crippen LogP contribution in [0.5, 0.6) is 0 Å². The van der Waals surface area contributed by atoms with E-state index in [2.05, 4.69) is 5.10 Å². The third-order valence-corrected chi connectivity index (χ3v) is 1.69. The lowest BCUT2D eigenvalue weighted by Gasteiger charge is -2.14. The highest BCUT2D eigenvalue weighted by Crippen LogP contribution is 2.22. The van der Waals surface area contributed by atoms with Crippen LogP contribution >= 0.6 is 0 Å². The Kier molecular flexibility index (Phi) is 1.95. The molecule has 11 heavy (non-hydrogen) atoms. The molecule has 1 atom stereocenters. The van der Waals surface area contributed by atoms with E-state index in [4.69, 9.17) is 5.73 Å². The van der Waals surface area contributed by atoms with E-state index in [9.17, 15) is 4.39 Å². The summed E-state index contributed by atoms with van der Waals surface area (Å²) >= 11 is 0. The van der Waals surface area contributed by atoms with Crippen molar-refractivity contribution in [3.05, 3.63) is 18.0 Å². The number of nitrogens with zero attached hydrogens (tertiary/aromatic N) is 2. The highest BCUT2D eigenvalue weighted by Gasteiger charge is 2.24. The Morgan fingerprint density at radius 2 is 2.45 bits per heavy atom. The first kappa shape index (κ1) is 8.20. The van der Waals surface area contributed by atoms with Crippen molar-refractivity contribution in [2.75, 3.05) is 6.54 Å². The molecule has 1 aromatic heterocycles. The highest BCUT2D eigenvalue weighted by atomic mass is 19.1. The van der Waals surface area contributed by atoms with Gasteiger partial charge in [0.05, 0.1) is 6.20 Å². The van der Waals surface area contributed by atoms with Crippen LogP contribution in [0.1, 0.15) is 12.5 Å². The van der Waals surface area contributed by atoms with E-state index in [1.165, 1.54) is 13.1 Å². The van der Waals surface area contributed by atoms with Crippen molar-refractivity contribution >= 4 is 0 Å². The molecule has 1 heterocycles. The Morgan fingerprint density at radius 1 is 1.82 bits per heavy atom. The van der Waals surface area contributed by atoms with E-state index < -0.39 is 5.67 Å². The van der Waals surface area contributed by atoms with Crippen molar-refractivity contribution in [3.63, 3.8) is 0 Å². The number of halogens is 1. The summed E-state index contributed by atoms with van der Waals surface area (Å²) < 4.78 is 14.9.